The number of ether oxygens (including phenoxy) is 1. The van der Waals surface area contributed by atoms with Gasteiger partial charge in [0.15, 0.2) is 0 Å². The van der Waals surface area contributed by atoms with Crippen LogP contribution in [-0.4, -0.2) is 48.6 Å². The van der Waals surface area contributed by atoms with Crippen molar-refractivity contribution in [1.82, 2.24) is 15.1 Å². The molecule has 1 aliphatic heterocycles. The summed E-state index contributed by atoms with van der Waals surface area (Å²) in [5, 5.41) is 3.10. The highest BCUT2D eigenvalue weighted by Crippen LogP contribution is 2.43. The van der Waals surface area contributed by atoms with E-state index in [9.17, 15) is 9.59 Å². The molecule has 0 spiro atoms. The molecular weight excluding hydrogens is 366 g/mol. The lowest BCUT2D eigenvalue weighted by atomic mass is 9.71. The first-order valence-electron chi connectivity index (χ1n) is 10.3. The van der Waals surface area contributed by atoms with E-state index < -0.39 is 5.54 Å². The van der Waals surface area contributed by atoms with Crippen molar-refractivity contribution >= 4 is 11.9 Å². The van der Waals surface area contributed by atoms with Gasteiger partial charge in [-0.1, -0.05) is 43.5 Å². The molecule has 0 radical (unpaired) electrons. The molecule has 1 N–H and O–H groups in total. The van der Waals surface area contributed by atoms with Gasteiger partial charge in [-0.25, -0.2) is 9.69 Å². The van der Waals surface area contributed by atoms with Crippen LogP contribution < -0.4 is 10.1 Å². The highest BCUT2D eigenvalue weighted by atomic mass is 16.5. The molecule has 1 saturated heterocycles. The minimum atomic E-state index is -1.02. The van der Waals surface area contributed by atoms with E-state index in [4.69, 9.17) is 4.74 Å². The summed E-state index contributed by atoms with van der Waals surface area (Å²) >= 11 is 0. The van der Waals surface area contributed by atoms with Crippen molar-refractivity contribution in [2.45, 2.75) is 37.6 Å². The third-order valence-corrected chi connectivity index (χ3v) is 6.01. The van der Waals surface area contributed by atoms with Gasteiger partial charge in [0, 0.05) is 13.1 Å². The molecule has 1 unspecified atom stereocenters. The minimum absolute atomic E-state index is 0.0818. The van der Waals surface area contributed by atoms with Gasteiger partial charge in [0.1, 0.15) is 11.3 Å². The van der Waals surface area contributed by atoms with Gasteiger partial charge in [0.2, 0.25) is 0 Å². The summed E-state index contributed by atoms with van der Waals surface area (Å²) in [5.41, 5.74) is -0.192. The van der Waals surface area contributed by atoms with Gasteiger partial charge in [-0.2, -0.15) is 0 Å². The summed E-state index contributed by atoms with van der Waals surface area (Å²) < 4.78 is 5.28. The molecule has 6 nitrogen and oxygen atoms in total. The van der Waals surface area contributed by atoms with Crippen LogP contribution in [-0.2, 0) is 10.3 Å². The molecule has 2 aliphatic rings. The number of amides is 3. The molecule has 1 heterocycles. The van der Waals surface area contributed by atoms with Gasteiger partial charge in [-0.15, -0.1) is 13.2 Å². The normalized spacial score (nSPS) is 22.6. The smallest absolute Gasteiger partial charge is 0.326 e. The van der Waals surface area contributed by atoms with Crippen LogP contribution in [0.25, 0.3) is 0 Å². The van der Waals surface area contributed by atoms with Crippen LogP contribution in [0.3, 0.4) is 0 Å². The number of nitrogens with zero attached hydrogens (tertiary/aromatic N) is 2. The number of carbonyl (C=O) groups excluding carboxylic acids is 2. The van der Waals surface area contributed by atoms with E-state index in [0.717, 1.165) is 37.0 Å². The lowest BCUT2D eigenvalue weighted by Gasteiger charge is -2.38. The first kappa shape index (κ1) is 21.1. The molecule has 0 bridgehead atoms. The number of benzene rings is 1. The first-order valence-corrected chi connectivity index (χ1v) is 10.3. The van der Waals surface area contributed by atoms with Crippen LogP contribution in [0.15, 0.2) is 49.6 Å². The third-order valence-electron chi connectivity index (χ3n) is 6.01. The lowest BCUT2D eigenvalue weighted by molar-refractivity contribution is -0.135. The Balaban J connectivity index is 1.97. The largest absolute Gasteiger partial charge is 0.497 e. The Hall–Kier alpha value is -2.60. The monoisotopic (exact) mass is 397 g/mol. The summed E-state index contributed by atoms with van der Waals surface area (Å²) in [6.07, 6.45) is 8.70. The molecule has 1 saturated carbocycles. The third kappa shape index (κ3) is 4.08. The Bertz CT molecular complexity index is 745. The van der Waals surface area contributed by atoms with Gasteiger partial charge in [-0.3, -0.25) is 9.69 Å². The number of imide groups is 1. The second kappa shape index (κ2) is 9.27. The molecule has 3 rings (SSSR count). The van der Waals surface area contributed by atoms with Crippen molar-refractivity contribution in [3.63, 3.8) is 0 Å². The summed E-state index contributed by atoms with van der Waals surface area (Å²) in [4.78, 5) is 30.0. The topological polar surface area (TPSA) is 61.9 Å². The van der Waals surface area contributed by atoms with Crippen LogP contribution in [0, 0.1) is 5.92 Å². The van der Waals surface area contributed by atoms with Gasteiger partial charge >= 0.3 is 6.03 Å². The number of methoxy groups -OCH3 is 1. The zero-order chi connectivity index (χ0) is 20.9. The molecule has 1 aliphatic carbocycles. The number of hydrogen-bond acceptors (Lipinski definition) is 4. The number of carbonyl (C=O) groups is 2. The summed E-state index contributed by atoms with van der Waals surface area (Å²) in [5.74, 6) is 0.639. The zero-order valence-electron chi connectivity index (χ0n) is 17.2. The molecule has 29 heavy (non-hydrogen) atoms. The molecule has 1 aromatic carbocycles. The van der Waals surface area contributed by atoms with E-state index in [1.54, 1.807) is 19.3 Å². The van der Waals surface area contributed by atoms with Crippen molar-refractivity contribution in [1.29, 1.82) is 0 Å². The predicted octanol–water partition coefficient (Wildman–Crippen LogP) is 3.65. The molecule has 0 aromatic heterocycles. The van der Waals surface area contributed by atoms with Crippen molar-refractivity contribution in [3.8, 4) is 5.75 Å². The summed E-state index contributed by atoms with van der Waals surface area (Å²) in [7, 11) is 1.62. The maximum Gasteiger partial charge on any atom is 0.326 e. The fraction of sp³-hybridized carbons (Fsp3) is 0.478. The number of urea groups is 1. The predicted molar refractivity (Wildman–Crippen MR) is 113 cm³/mol. The van der Waals surface area contributed by atoms with E-state index in [1.807, 2.05) is 29.2 Å². The zero-order valence-corrected chi connectivity index (χ0v) is 17.2. The van der Waals surface area contributed by atoms with Gasteiger partial charge < -0.3 is 10.1 Å². The summed E-state index contributed by atoms with van der Waals surface area (Å²) in [6.45, 7) is 8.90. The van der Waals surface area contributed by atoms with Crippen LogP contribution in [0.5, 0.6) is 5.75 Å². The van der Waals surface area contributed by atoms with E-state index in [2.05, 4.69) is 18.5 Å². The fourth-order valence-corrected chi connectivity index (χ4v) is 4.58. The highest BCUT2D eigenvalue weighted by Gasteiger charge is 2.56. The number of nitrogens with one attached hydrogen (secondary N) is 1. The molecule has 2 fully saturated rings. The van der Waals surface area contributed by atoms with Crippen LogP contribution in [0.1, 0.15) is 37.7 Å². The van der Waals surface area contributed by atoms with E-state index in [1.165, 1.54) is 11.3 Å². The Morgan fingerprint density at radius 1 is 1.14 bits per heavy atom. The molecule has 6 heteroatoms. The number of hydrogen-bond donors (Lipinski definition) is 1. The van der Waals surface area contributed by atoms with Crippen LogP contribution >= 0.6 is 0 Å². The Morgan fingerprint density at radius 3 is 2.31 bits per heavy atom. The lowest BCUT2D eigenvalue weighted by Crippen LogP contribution is -2.51. The van der Waals surface area contributed by atoms with Crippen molar-refractivity contribution in [3.05, 3.63) is 55.1 Å². The second-order valence-corrected chi connectivity index (χ2v) is 7.79. The van der Waals surface area contributed by atoms with Crippen molar-refractivity contribution in [2.24, 2.45) is 5.92 Å². The van der Waals surface area contributed by atoms with Gasteiger partial charge in [0.25, 0.3) is 5.91 Å². The number of rotatable bonds is 9. The van der Waals surface area contributed by atoms with Gasteiger partial charge in [-0.05, 0) is 36.5 Å². The maximum atomic E-state index is 13.8. The average Bonchev–Trinajstić information content (AvgIpc) is 3.00. The van der Waals surface area contributed by atoms with Crippen LogP contribution in [0.4, 0.5) is 4.79 Å². The molecule has 1 atom stereocenters. The minimum Gasteiger partial charge on any atom is -0.497 e. The Labute approximate surface area is 173 Å². The first-order chi connectivity index (χ1) is 14.1. The molecule has 156 valence electrons. The van der Waals surface area contributed by atoms with Crippen molar-refractivity contribution < 1.29 is 14.3 Å². The maximum absolute atomic E-state index is 13.8. The molecule has 3 amide bonds. The Kier molecular flexibility index (Phi) is 6.75. The fourth-order valence-electron chi connectivity index (χ4n) is 4.58. The second-order valence-electron chi connectivity index (χ2n) is 7.79. The van der Waals surface area contributed by atoms with E-state index in [-0.39, 0.29) is 24.5 Å². The summed E-state index contributed by atoms with van der Waals surface area (Å²) in [6, 6.07) is 7.17. The van der Waals surface area contributed by atoms with E-state index >= 15 is 0 Å². The Morgan fingerprint density at radius 2 is 1.76 bits per heavy atom. The van der Waals surface area contributed by atoms with Crippen LogP contribution in [0.2, 0.25) is 0 Å². The van der Waals surface area contributed by atoms with Gasteiger partial charge in [0.05, 0.1) is 13.8 Å². The standard InChI is InChI=1S/C23H31N3O3/c1-4-15-25(16-5-2)17-26-21(27)23(24-22(26)28,18-9-7-6-8-10-18)19-11-13-20(29-3)14-12-19/h4-5,11-14,18H,1-2,6-10,15-17H2,3H3,(H,24,28). The van der Waals surface area contributed by atoms with Crippen molar-refractivity contribution in [2.75, 3.05) is 26.9 Å². The highest BCUT2D eigenvalue weighted by molar-refractivity contribution is 6.07. The average molecular weight is 398 g/mol. The van der Waals surface area contributed by atoms with E-state index in [0.29, 0.717) is 13.1 Å². The molecular formula is C23H31N3O3. The SMILES string of the molecule is C=CCN(CC=C)CN1C(=O)NC(c2ccc(OC)cc2)(C2CCCCC2)C1=O. The molecule has 1 aromatic rings. The quantitative estimate of drug-likeness (QED) is 0.510.